The standard InChI is InChI=1S/C19H17N5O2/c1-2-6-22-19(26)13-3-4-15-17(9-13)24-18(25)10-16(23-15)12-5-7-21-14(8-12)11-20/h3-5,7-9H,2,6,10H2,1H3,(H,22,26)(H,24,25). The molecule has 7 nitrogen and oxygen atoms in total. The van der Waals surface area contributed by atoms with Crippen molar-refractivity contribution in [1.29, 1.82) is 5.26 Å². The van der Waals surface area contributed by atoms with E-state index in [0.717, 1.165) is 6.42 Å². The molecule has 0 aliphatic carbocycles. The van der Waals surface area contributed by atoms with E-state index < -0.39 is 0 Å². The van der Waals surface area contributed by atoms with Crippen molar-refractivity contribution in [3.05, 3.63) is 53.3 Å². The molecule has 0 unspecified atom stereocenters. The molecule has 26 heavy (non-hydrogen) atoms. The van der Waals surface area contributed by atoms with Crippen molar-refractivity contribution in [2.75, 3.05) is 11.9 Å². The highest BCUT2D eigenvalue weighted by Crippen LogP contribution is 2.30. The van der Waals surface area contributed by atoms with E-state index in [1.54, 1.807) is 30.3 Å². The van der Waals surface area contributed by atoms with Gasteiger partial charge in [-0.25, -0.2) is 4.98 Å². The molecule has 130 valence electrons. The third-order valence-electron chi connectivity index (χ3n) is 3.86. The molecule has 2 amide bonds. The third-order valence-corrected chi connectivity index (χ3v) is 3.86. The Kier molecular flexibility index (Phi) is 5.04. The molecule has 0 fully saturated rings. The smallest absolute Gasteiger partial charge is 0.251 e. The number of pyridine rings is 1. The zero-order valence-electron chi connectivity index (χ0n) is 14.2. The topological polar surface area (TPSA) is 107 Å². The number of anilines is 1. The zero-order valence-corrected chi connectivity index (χ0v) is 14.2. The van der Waals surface area contributed by atoms with Crippen molar-refractivity contribution < 1.29 is 9.59 Å². The molecule has 0 bridgehead atoms. The van der Waals surface area contributed by atoms with E-state index in [1.165, 1.54) is 6.20 Å². The number of carbonyl (C=O) groups is 2. The maximum Gasteiger partial charge on any atom is 0.251 e. The first-order valence-corrected chi connectivity index (χ1v) is 8.27. The van der Waals surface area contributed by atoms with Gasteiger partial charge in [0.1, 0.15) is 11.8 Å². The fourth-order valence-electron chi connectivity index (χ4n) is 2.58. The Labute approximate surface area is 150 Å². The molecule has 0 saturated heterocycles. The Hall–Kier alpha value is -3.53. The summed E-state index contributed by atoms with van der Waals surface area (Å²) in [5.41, 5.74) is 2.99. The summed E-state index contributed by atoms with van der Waals surface area (Å²) in [5, 5.41) is 14.6. The number of aliphatic imine (C=N–C) groups is 1. The van der Waals surface area contributed by atoms with Crippen molar-refractivity contribution in [1.82, 2.24) is 10.3 Å². The summed E-state index contributed by atoms with van der Waals surface area (Å²) in [5.74, 6) is -0.422. The molecule has 2 N–H and O–H groups in total. The second-order valence-electron chi connectivity index (χ2n) is 5.81. The molecular formula is C19H17N5O2. The molecule has 1 aliphatic rings. The number of hydrogen-bond donors (Lipinski definition) is 2. The number of nitrogens with one attached hydrogen (secondary N) is 2. The highest BCUT2D eigenvalue weighted by Gasteiger charge is 2.19. The van der Waals surface area contributed by atoms with E-state index in [-0.39, 0.29) is 23.9 Å². The van der Waals surface area contributed by atoms with Crippen molar-refractivity contribution in [3.8, 4) is 6.07 Å². The minimum Gasteiger partial charge on any atom is -0.352 e. The fourth-order valence-corrected chi connectivity index (χ4v) is 2.58. The van der Waals surface area contributed by atoms with Gasteiger partial charge < -0.3 is 10.6 Å². The van der Waals surface area contributed by atoms with Crippen molar-refractivity contribution in [2.45, 2.75) is 19.8 Å². The largest absolute Gasteiger partial charge is 0.352 e. The van der Waals surface area contributed by atoms with Crippen LogP contribution in [0.15, 0.2) is 41.5 Å². The van der Waals surface area contributed by atoms with E-state index >= 15 is 0 Å². The Morgan fingerprint density at radius 1 is 1.35 bits per heavy atom. The number of nitrogens with zero attached hydrogens (tertiary/aromatic N) is 3. The highest BCUT2D eigenvalue weighted by molar-refractivity contribution is 6.17. The van der Waals surface area contributed by atoms with Gasteiger partial charge in [0.15, 0.2) is 0 Å². The lowest BCUT2D eigenvalue weighted by Gasteiger charge is -2.08. The molecule has 0 atom stereocenters. The minimum atomic E-state index is -0.232. The second-order valence-corrected chi connectivity index (χ2v) is 5.81. The number of aromatic nitrogens is 1. The lowest BCUT2D eigenvalue weighted by Crippen LogP contribution is -2.24. The van der Waals surface area contributed by atoms with Gasteiger partial charge in [-0.1, -0.05) is 6.92 Å². The fraction of sp³-hybridized carbons (Fsp3) is 0.211. The van der Waals surface area contributed by atoms with Gasteiger partial charge in [-0.3, -0.25) is 14.6 Å². The SMILES string of the molecule is CCCNC(=O)c1ccc2c(c1)NC(=O)CC(c1ccnc(C#N)c1)=N2. The van der Waals surface area contributed by atoms with Gasteiger partial charge in [0.25, 0.3) is 5.91 Å². The van der Waals surface area contributed by atoms with Crippen molar-refractivity contribution in [2.24, 2.45) is 4.99 Å². The van der Waals surface area contributed by atoms with Crippen LogP contribution >= 0.6 is 0 Å². The maximum atomic E-state index is 12.3. The van der Waals surface area contributed by atoms with Crippen LogP contribution in [0.25, 0.3) is 0 Å². The molecule has 1 aromatic carbocycles. The van der Waals surface area contributed by atoms with E-state index in [4.69, 9.17) is 5.26 Å². The molecule has 7 heteroatoms. The summed E-state index contributed by atoms with van der Waals surface area (Å²) < 4.78 is 0. The van der Waals surface area contributed by atoms with Crippen LogP contribution in [0.3, 0.4) is 0 Å². The number of amides is 2. The third kappa shape index (κ3) is 3.75. The molecule has 1 aliphatic heterocycles. The Bertz CT molecular complexity index is 943. The number of hydrogen-bond acceptors (Lipinski definition) is 5. The van der Waals surface area contributed by atoms with E-state index in [9.17, 15) is 9.59 Å². The number of carbonyl (C=O) groups excluding carboxylic acids is 2. The predicted molar refractivity (Wildman–Crippen MR) is 97.5 cm³/mol. The molecule has 0 radical (unpaired) electrons. The van der Waals surface area contributed by atoms with Gasteiger partial charge in [-0.15, -0.1) is 0 Å². The molecule has 1 aromatic heterocycles. The molecular weight excluding hydrogens is 330 g/mol. The van der Waals surface area contributed by atoms with Crippen molar-refractivity contribution in [3.63, 3.8) is 0 Å². The van der Waals surface area contributed by atoms with Crippen LogP contribution in [0.4, 0.5) is 11.4 Å². The van der Waals surface area contributed by atoms with Gasteiger partial charge in [0.2, 0.25) is 5.91 Å². The predicted octanol–water partition coefficient (Wildman–Crippen LogP) is 2.56. The van der Waals surface area contributed by atoms with Crippen LogP contribution in [0, 0.1) is 11.3 Å². The van der Waals surface area contributed by atoms with E-state index in [2.05, 4.69) is 20.6 Å². The van der Waals surface area contributed by atoms with Crippen LogP contribution in [-0.4, -0.2) is 29.1 Å². The highest BCUT2D eigenvalue weighted by atomic mass is 16.2. The van der Waals surface area contributed by atoms with Crippen molar-refractivity contribution >= 4 is 28.9 Å². The first kappa shape index (κ1) is 17.3. The minimum absolute atomic E-state index is 0.0704. The van der Waals surface area contributed by atoms with E-state index in [1.807, 2.05) is 13.0 Å². The van der Waals surface area contributed by atoms with E-state index in [0.29, 0.717) is 34.8 Å². The summed E-state index contributed by atoms with van der Waals surface area (Å²) in [6, 6.07) is 10.3. The van der Waals surface area contributed by atoms with Gasteiger partial charge >= 0.3 is 0 Å². The number of fused-ring (bicyclic) bond motifs is 1. The number of benzene rings is 1. The van der Waals surface area contributed by atoms with Crippen LogP contribution in [0.1, 0.15) is 41.4 Å². The van der Waals surface area contributed by atoms with Gasteiger partial charge in [0, 0.05) is 23.9 Å². The molecule has 2 aromatic rings. The number of rotatable bonds is 4. The molecule has 0 spiro atoms. The van der Waals surface area contributed by atoms with Crippen LogP contribution in [-0.2, 0) is 4.79 Å². The summed E-state index contributed by atoms with van der Waals surface area (Å²) in [6.45, 7) is 2.57. The Balaban J connectivity index is 1.97. The van der Waals surface area contributed by atoms with Crippen LogP contribution < -0.4 is 10.6 Å². The Morgan fingerprint density at radius 2 is 2.19 bits per heavy atom. The number of nitriles is 1. The lowest BCUT2D eigenvalue weighted by molar-refractivity contribution is -0.115. The maximum absolute atomic E-state index is 12.3. The second kappa shape index (κ2) is 7.57. The summed E-state index contributed by atoms with van der Waals surface area (Å²) in [7, 11) is 0. The zero-order chi connectivity index (χ0) is 18.5. The van der Waals surface area contributed by atoms with Crippen LogP contribution in [0.2, 0.25) is 0 Å². The van der Waals surface area contributed by atoms with Gasteiger partial charge in [-0.2, -0.15) is 5.26 Å². The quantitative estimate of drug-likeness (QED) is 0.886. The average molecular weight is 347 g/mol. The lowest BCUT2D eigenvalue weighted by atomic mass is 10.1. The van der Waals surface area contributed by atoms with Gasteiger partial charge in [0.05, 0.1) is 23.5 Å². The first-order chi connectivity index (χ1) is 12.6. The monoisotopic (exact) mass is 347 g/mol. The summed E-state index contributed by atoms with van der Waals surface area (Å²) in [4.78, 5) is 32.9. The molecule has 2 heterocycles. The average Bonchev–Trinajstić information content (AvgIpc) is 2.83. The van der Waals surface area contributed by atoms with Crippen LogP contribution in [0.5, 0.6) is 0 Å². The molecule has 3 rings (SSSR count). The molecule has 0 saturated carbocycles. The Morgan fingerprint density at radius 3 is 2.96 bits per heavy atom. The first-order valence-electron chi connectivity index (χ1n) is 8.27. The normalized spacial score (nSPS) is 12.9. The summed E-state index contributed by atoms with van der Waals surface area (Å²) >= 11 is 0. The summed E-state index contributed by atoms with van der Waals surface area (Å²) in [6.07, 6.45) is 2.43. The van der Waals surface area contributed by atoms with Gasteiger partial charge in [-0.05, 0) is 36.8 Å².